The molecule has 10 nitrogen and oxygen atoms in total. The predicted octanol–water partition coefficient (Wildman–Crippen LogP) is 11.3. The first-order chi connectivity index (χ1) is 28.2. The first-order valence-corrected chi connectivity index (χ1v) is 18.2. The SMILES string of the molecule is Oc1c(O)c(N(c2ccccc2)c2ccc(-c3ccccc3)cc2)c(O)c(O)c1-c1c(O)c(O)c(N(c2ccccc2)c2ccc(-c3ccccc3)cc2)c(O)c1O. The number of nitrogens with zero attached hydrogens (tertiary/aromatic N) is 2. The van der Waals surface area contributed by atoms with Crippen molar-refractivity contribution in [3.05, 3.63) is 170 Å². The van der Waals surface area contributed by atoms with E-state index in [1.807, 2.05) is 84.9 Å². The van der Waals surface area contributed by atoms with E-state index in [0.29, 0.717) is 22.7 Å². The fourth-order valence-electron chi connectivity index (χ4n) is 7.10. The first-order valence-electron chi connectivity index (χ1n) is 18.2. The lowest BCUT2D eigenvalue weighted by molar-refractivity contribution is 0.368. The van der Waals surface area contributed by atoms with Crippen LogP contribution in [0.25, 0.3) is 33.4 Å². The Kier molecular flexibility index (Phi) is 9.57. The van der Waals surface area contributed by atoms with Gasteiger partial charge >= 0.3 is 0 Å². The molecule has 10 heteroatoms. The van der Waals surface area contributed by atoms with Crippen LogP contribution in [0.5, 0.6) is 46.0 Å². The van der Waals surface area contributed by atoms with Gasteiger partial charge in [0.2, 0.25) is 0 Å². The maximum atomic E-state index is 11.7. The van der Waals surface area contributed by atoms with Gasteiger partial charge in [0.25, 0.3) is 0 Å². The lowest BCUT2D eigenvalue weighted by Crippen LogP contribution is -2.11. The minimum Gasteiger partial charge on any atom is -0.504 e. The van der Waals surface area contributed by atoms with E-state index in [4.69, 9.17) is 0 Å². The molecule has 8 rings (SSSR count). The van der Waals surface area contributed by atoms with Crippen LogP contribution in [0.15, 0.2) is 170 Å². The fraction of sp³-hybridized carbons (Fsp3) is 0. The lowest BCUT2D eigenvalue weighted by atomic mass is 9.96. The quantitative estimate of drug-likeness (QED) is 0.0522. The molecule has 0 aliphatic carbocycles. The van der Waals surface area contributed by atoms with Crippen molar-refractivity contribution in [2.75, 3.05) is 9.80 Å². The van der Waals surface area contributed by atoms with Gasteiger partial charge < -0.3 is 50.7 Å². The molecular weight excluding hydrogens is 733 g/mol. The monoisotopic (exact) mass is 768 g/mol. The second kappa shape index (κ2) is 15.1. The van der Waals surface area contributed by atoms with Crippen LogP contribution in [-0.2, 0) is 0 Å². The smallest absolute Gasteiger partial charge is 0.186 e. The van der Waals surface area contributed by atoms with E-state index in [2.05, 4.69) is 0 Å². The summed E-state index contributed by atoms with van der Waals surface area (Å²) in [6, 6.07) is 50.7. The van der Waals surface area contributed by atoms with Gasteiger partial charge in [0.05, 0.1) is 11.1 Å². The fourth-order valence-corrected chi connectivity index (χ4v) is 7.10. The van der Waals surface area contributed by atoms with E-state index < -0.39 is 68.5 Å². The van der Waals surface area contributed by atoms with Crippen LogP contribution in [0.4, 0.5) is 34.1 Å². The zero-order valence-electron chi connectivity index (χ0n) is 30.6. The molecule has 0 radical (unpaired) electrons. The highest BCUT2D eigenvalue weighted by Gasteiger charge is 2.36. The van der Waals surface area contributed by atoms with E-state index in [0.717, 1.165) is 22.3 Å². The van der Waals surface area contributed by atoms with Crippen LogP contribution in [0.1, 0.15) is 0 Å². The van der Waals surface area contributed by atoms with Crippen molar-refractivity contribution in [2.45, 2.75) is 0 Å². The summed E-state index contributed by atoms with van der Waals surface area (Å²) in [5.74, 6) is -8.14. The molecule has 0 spiro atoms. The third kappa shape index (κ3) is 6.40. The molecule has 0 saturated carbocycles. The van der Waals surface area contributed by atoms with E-state index in [1.54, 1.807) is 84.9 Å². The van der Waals surface area contributed by atoms with Gasteiger partial charge in [-0.3, -0.25) is 0 Å². The van der Waals surface area contributed by atoms with E-state index in [1.165, 1.54) is 9.80 Å². The summed E-state index contributed by atoms with van der Waals surface area (Å²) < 4.78 is 0. The maximum absolute atomic E-state index is 11.7. The van der Waals surface area contributed by atoms with Crippen molar-refractivity contribution in [1.82, 2.24) is 0 Å². The van der Waals surface area contributed by atoms with Gasteiger partial charge in [0.1, 0.15) is 11.4 Å². The molecule has 0 amide bonds. The Morgan fingerprint density at radius 2 is 0.448 bits per heavy atom. The summed E-state index contributed by atoms with van der Waals surface area (Å²) in [7, 11) is 0. The Bertz CT molecular complexity index is 2480. The molecule has 0 saturated heterocycles. The van der Waals surface area contributed by atoms with Crippen molar-refractivity contribution in [1.29, 1.82) is 0 Å². The number of para-hydroxylation sites is 2. The molecule has 286 valence electrons. The van der Waals surface area contributed by atoms with Crippen molar-refractivity contribution in [3.8, 4) is 79.4 Å². The van der Waals surface area contributed by atoms with Crippen molar-refractivity contribution in [3.63, 3.8) is 0 Å². The summed E-state index contributed by atoms with van der Waals surface area (Å²) in [5, 5.41) is 93.2. The molecule has 0 unspecified atom stereocenters. The number of phenols is 8. The van der Waals surface area contributed by atoms with Crippen LogP contribution in [0, 0.1) is 0 Å². The molecule has 8 N–H and O–H groups in total. The molecule has 0 bridgehead atoms. The van der Waals surface area contributed by atoms with Gasteiger partial charge in [-0.05, 0) is 70.8 Å². The number of anilines is 6. The molecule has 0 fully saturated rings. The molecule has 0 heterocycles. The summed E-state index contributed by atoms with van der Waals surface area (Å²) in [4.78, 5) is 2.81. The van der Waals surface area contributed by atoms with Crippen molar-refractivity contribution >= 4 is 34.1 Å². The van der Waals surface area contributed by atoms with Crippen LogP contribution < -0.4 is 9.80 Å². The van der Waals surface area contributed by atoms with E-state index >= 15 is 0 Å². The third-order valence-corrected chi connectivity index (χ3v) is 9.93. The van der Waals surface area contributed by atoms with Gasteiger partial charge in [-0.25, -0.2) is 0 Å². The standard InChI is InChI=1S/C48H36N2O8/c51-41-37(42(52)46(56)39(45(41)55)49(33-17-9-3-10-18-33)35-25-21-31(22-26-35)29-13-5-1-6-14-29)38-43(53)47(57)40(48(58)44(38)54)50(34-19-11-4-12-20-34)36-27-23-32(24-28-36)30-15-7-2-8-16-30/h1-28,51-58H. The zero-order chi connectivity index (χ0) is 40.5. The summed E-state index contributed by atoms with van der Waals surface area (Å²) in [5.41, 5.74) is 2.78. The largest absolute Gasteiger partial charge is 0.504 e. The second-order valence-corrected chi connectivity index (χ2v) is 13.4. The van der Waals surface area contributed by atoms with E-state index in [-0.39, 0.29) is 0 Å². The molecule has 0 aliphatic rings. The number of hydrogen-bond donors (Lipinski definition) is 8. The topological polar surface area (TPSA) is 168 Å². The molecule has 0 aliphatic heterocycles. The van der Waals surface area contributed by atoms with Gasteiger partial charge in [-0.2, -0.15) is 0 Å². The Morgan fingerprint density at radius 3 is 0.724 bits per heavy atom. The van der Waals surface area contributed by atoms with Crippen LogP contribution >= 0.6 is 0 Å². The normalized spacial score (nSPS) is 11.0. The highest BCUT2D eigenvalue weighted by molar-refractivity contribution is 6.01. The average Bonchev–Trinajstić information content (AvgIpc) is 3.28. The minimum absolute atomic E-state index is 0.422. The lowest BCUT2D eigenvalue weighted by Gasteiger charge is -2.29. The average molecular weight is 769 g/mol. The molecule has 8 aromatic carbocycles. The maximum Gasteiger partial charge on any atom is 0.186 e. The highest BCUT2D eigenvalue weighted by Crippen LogP contribution is 2.64. The number of benzene rings is 8. The van der Waals surface area contributed by atoms with Crippen molar-refractivity contribution < 1.29 is 40.9 Å². The molecule has 8 aromatic rings. The van der Waals surface area contributed by atoms with Crippen molar-refractivity contribution in [2.24, 2.45) is 0 Å². The Morgan fingerprint density at radius 1 is 0.224 bits per heavy atom. The van der Waals surface area contributed by atoms with Gasteiger partial charge in [-0.1, -0.05) is 121 Å². The molecular formula is C48H36N2O8. The zero-order valence-corrected chi connectivity index (χ0v) is 30.6. The third-order valence-electron chi connectivity index (χ3n) is 9.93. The minimum atomic E-state index is -1.08. The van der Waals surface area contributed by atoms with Crippen LogP contribution in [0.2, 0.25) is 0 Å². The Hall–Kier alpha value is -8.24. The first kappa shape index (κ1) is 36.7. The van der Waals surface area contributed by atoms with Crippen LogP contribution in [-0.4, -0.2) is 40.9 Å². The number of rotatable bonds is 9. The molecule has 0 aromatic heterocycles. The van der Waals surface area contributed by atoms with Crippen LogP contribution in [0.3, 0.4) is 0 Å². The molecule has 0 atom stereocenters. The predicted molar refractivity (Wildman–Crippen MR) is 225 cm³/mol. The summed E-state index contributed by atoms with van der Waals surface area (Å²) in [6.07, 6.45) is 0. The number of aromatic hydroxyl groups is 8. The Balaban J connectivity index is 1.27. The van der Waals surface area contributed by atoms with Gasteiger partial charge in [0.15, 0.2) is 46.0 Å². The van der Waals surface area contributed by atoms with Gasteiger partial charge in [0, 0.05) is 22.7 Å². The highest BCUT2D eigenvalue weighted by atomic mass is 16.3. The van der Waals surface area contributed by atoms with Gasteiger partial charge in [-0.15, -0.1) is 0 Å². The Labute approximate surface area is 333 Å². The van der Waals surface area contributed by atoms with E-state index in [9.17, 15) is 40.9 Å². The number of phenolic OH excluding ortho intramolecular Hbond substituents is 8. The summed E-state index contributed by atoms with van der Waals surface area (Å²) in [6.45, 7) is 0. The number of hydrogen-bond acceptors (Lipinski definition) is 10. The molecule has 58 heavy (non-hydrogen) atoms. The second-order valence-electron chi connectivity index (χ2n) is 13.4. The summed E-state index contributed by atoms with van der Waals surface area (Å²) >= 11 is 0.